The molecule has 0 aromatic rings. The maximum absolute atomic E-state index is 12.2. The molecule has 2 atom stereocenters. The summed E-state index contributed by atoms with van der Waals surface area (Å²) in [7, 11) is -3.12. The third kappa shape index (κ3) is 3.66. The summed E-state index contributed by atoms with van der Waals surface area (Å²) >= 11 is 0. The van der Waals surface area contributed by atoms with Crippen molar-refractivity contribution in [2.45, 2.75) is 38.1 Å². The molecule has 0 aliphatic carbocycles. The molecule has 106 valence electrons. The van der Waals surface area contributed by atoms with Gasteiger partial charge in [0.15, 0.2) is 0 Å². The second kappa shape index (κ2) is 6.32. The molecule has 2 N–H and O–H groups in total. The maximum Gasteiger partial charge on any atom is 0.214 e. The zero-order chi connectivity index (χ0) is 13.0. The molecule has 0 spiro atoms. The van der Waals surface area contributed by atoms with Gasteiger partial charge in [0.25, 0.3) is 0 Å². The number of piperidine rings is 1. The monoisotopic (exact) mass is 276 g/mol. The highest BCUT2D eigenvalue weighted by atomic mass is 32.2. The normalized spacial score (nSPS) is 30.7. The molecule has 2 unspecified atom stereocenters. The Morgan fingerprint density at radius 2 is 2.11 bits per heavy atom. The zero-order valence-electron chi connectivity index (χ0n) is 10.8. The molecular weight excluding hydrogens is 252 g/mol. The van der Waals surface area contributed by atoms with Crippen molar-refractivity contribution in [3.8, 4) is 0 Å². The summed E-state index contributed by atoms with van der Waals surface area (Å²) < 4.78 is 25.9. The van der Waals surface area contributed by atoms with Gasteiger partial charge in [0.2, 0.25) is 10.0 Å². The van der Waals surface area contributed by atoms with E-state index < -0.39 is 10.0 Å². The minimum Gasteiger partial charge on any atom is -0.396 e. The molecule has 0 amide bonds. The molecule has 2 rings (SSSR count). The summed E-state index contributed by atoms with van der Waals surface area (Å²) in [5.41, 5.74) is 0. The maximum atomic E-state index is 12.2. The molecular formula is C12H24N2O3S. The third-order valence-electron chi connectivity index (χ3n) is 4.04. The number of nitrogens with one attached hydrogen (secondary N) is 1. The number of hydrogen-bond acceptors (Lipinski definition) is 4. The second-order valence-corrected chi connectivity index (χ2v) is 7.54. The molecule has 0 aromatic carbocycles. The van der Waals surface area contributed by atoms with Crippen LogP contribution in [0.5, 0.6) is 0 Å². The van der Waals surface area contributed by atoms with Crippen LogP contribution in [0.4, 0.5) is 0 Å². The molecule has 5 nitrogen and oxygen atoms in total. The van der Waals surface area contributed by atoms with Crippen LogP contribution in [0, 0.1) is 5.92 Å². The molecule has 2 heterocycles. The average Bonchev–Trinajstić information content (AvgIpc) is 2.87. The fraction of sp³-hybridized carbons (Fsp3) is 1.00. The van der Waals surface area contributed by atoms with E-state index in [0.717, 1.165) is 19.4 Å². The number of hydrogen-bond donors (Lipinski definition) is 2. The first-order valence-electron chi connectivity index (χ1n) is 6.94. The molecule has 6 heteroatoms. The van der Waals surface area contributed by atoms with Crippen molar-refractivity contribution >= 4 is 10.0 Å². The zero-order valence-corrected chi connectivity index (χ0v) is 11.7. The van der Waals surface area contributed by atoms with E-state index >= 15 is 0 Å². The van der Waals surface area contributed by atoms with Gasteiger partial charge in [0.05, 0.1) is 5.75 Å². The van der Waals surface area contributed by atoms with Gasteiger partial charge in [-0.25, -0.2) is 12.7 Å². The van der Waals surface area contributed by atoms with Gasteiger partial charge >= 0.3 is 0 Å². The summed E-state index contributed by atoms with van der Waals surface area (Å²) in [6, 6.07) is 0.366. The Hall–Kier alpha value is -0.170. The first-order chi connectivity index (χ1) is 8.62. The average molecular weight is 276 g/mol. The van der Waals surface area contributed by atoms with Crippen molar-refractivity contribution in [1.29, 1.82) is 0 Å². The van der Waals surface area contributed by atoms with Crippen LogP contribution in [0.15, 0.2) is 0 Å². The van der Waals surface area contributed by atoms with Crippen LogP contribution in [0.3, 0.4) is 0 Å². The molecule has 18 heavy (non-hydrogen) atoms. The van der Waals surface area contributed by atoms with Gasteiger partial charge in [0, 0.05) is 25.7 Å². The molecule has 0 radical (unpaired) electrons. The summed E-state index contributed by atoms with van der Waals surface area (Å²) in [6.07, 6.45) is 5.00. The number of aliphatic hydroxyl groups is 1. The van der Waals surface area contributed by atoms with Crippen LogP contribution >= 0.6 is 0 Å². The van der Waals surface area contributed by atoms with Crippen molar-refractivity contribution < 1.29 is 13.5 Å². The molecule has 2 aliphatic rings. The fourth-order valence-corrected chi connectivity index (χ4v) is 4.45. The smallest absolute Gasteiger partial charge is 0.214 e. The van der Waals surface area contributed by atoms with E-state index in [9.17, 15) is 8.42 Å². The number of nitrogens with zero attached hydrogens (tertiary/aromatic N) is 1. The lowest BCUT2D eigenvalue weighted by atomic mass is 10.0. The Morgan fingerprint density at radius 1 is 1.28 bits per heavy atom. The Balaban J connectivity index is 1.80. The van der Waals surface area contributed by atoms with Gasteiger partial charge in [-0.3, -0.25) is 0 Å². The van der Waals surface area contributed by atoms with Crippen molar-refractivity contribution in [3.05, 3.63) is 0 Å². The van der Waals surface area contributed by atoms with Crippen LogP contribution in [0.25, 0.3) is 0 Å². The molecule has 0 bridgehead atoms. The fourth-order valence-electron chi connectivity index (χ4n) is 2.79. The Kier molecular flexibility index (Phi) is 5.00. The van der Waals surface area contributed by atoms with E-state index in [1.165, 1.54) is 12.8 Å². The SMILES string of the molecule is O=S(=O)(CCC1CCCCN1)N1CCC(CO)C1. The van der Waals surface area contributed by atoms with E-state index in [1.807, 2.05) is 0 Å². The van der Waals surface area contributed by atoms with E-state index in [-0.39, 0.29) is 18.3 Å². The van der Waals surface area contributed by atoms with Crippen LogP contribution in [0.1, 0.15) is 32.1 Å². The number of rotatable bonds is 5. The van der Waals surface area contributed by atoms with Crippen molar-refractivity contribution in [3.63, 3.8) is 0 Å². The van der Waals surface area contributed by atoms with Gasteiger partial charge in [0.1, 0.15) is 0 Å². The second-order valence-electron chi connectivity index (χ2n) is 5.45. The lowest BCUT2D eigenvalue weighted by molar-refractivity contribution is 0.233. The minimum atomic E-state index is -3.12. The predicted molar refractivity (Wildman–Crippen MR) is 70.8 cm³/mol. The van der Waals surface area contributed by atoms with E-state index in [1.54, 1.807) is 4.31 Å². The molecule has 2 aliphatic heterocycles. The van der Waals surface area contributed by atoms with Crippen molar-refractivity contribution in [1.82, 2.24) is 9.62 Å². The lowest BCUT2D eigenvalue weighted by Crippen LogP contribution is -2.38. The Morgan fingerprint density at radius 3 is 2.72 bits per heavy atom. The van der Waals surface area contributed by atoms with Crippen molar-refractivity contribution in [2.24, 2.45) is 5.92 Å². The number of sulfonamides is 1. The van der Waals surface area contributed by atoms with Gasteiger partial charge in [-0.1, -0.05) is 6.42 Å². The van der Waals surface area contributed by atoms with E-state index in [2.05, 4.69) is 5.32 Å². The molecule has 2 saturated heterocycles. The largest absolute Gasteiger partial charge is 0.396 e. The molecule has 2 fully saturated rings. The molecule has 0 saturated carbocycles. The number of aliphatic hydroxyl groups excluding tert-OH is 1. The van der Waals surface area contributed by atoms with Gasteiger partial charge in [-0.05, 0) is 38.1 Å². The van der Waals surface area contributed by atoms with Crippen LogP contribution in [-0.2, 0) is 10.0 Å². The minimum absolute atomic E-state index is 0.0935. The summed E-state index contributed by atoms with van der Waals surface area (Å²) in [5, 5.41) is 12.4. The van der Waals surface area contributed by atoms with Crippen molar-refractivity contribution in [2.75, 3.05) is 32.0 Å². The highest BCUT2D eigenvalue weighted by Gasteiger charge is 2.31. The summed E-state index contributed by atoms with van der Waals surface area (Å²) in [5.74, 6) is 0.371. The van der Waals surface area contributed by atoms with E-state index in [0.29, 0.717) is 25.6 Å². The lowest BCUT2D eigenvalue weighted by Gasteiger charge is -2.24. The predicted octanol–water partition coefficient (Wildman–Crippen LogP) is 0.163. The van der Waals surface area contributed by atoms with Gasteiger partial charge < -0.3 is 10.4 Å². The quantitative estimate of drug-likeness (QED) is 0.750. The molecule has 0 aromatic heterocycles. The van der Waals surface area contributed by atoms with Crippen LogP contribution < -0.4 is 5.32 Å². The highest BCUT2D eigenvalue weighted by Crippen LogP contribution is 2.20. The van der Waals surface area contributed by atoms with E-state index in [4.69, 9.17) is 5.11 Å². The summed E-state index contributed by atoms with van der Waals surface area (Å²) in [4.78, 5) is 0. The third-order valence-corrected chi connectivity index (χ3v) is 5.91. The Labute approximate surface area is 110 Å². The standard InChI is InChI=1S/C12H24N2O3S/c15-10-11-4-7-14(9-11)18(16,17)8-5-12-3-1-2-6-13-12/h11-13,15H,1-10H2. The van der Waals surface area contributed by atoms with Crippen LogP contribution in [-0.4, -0.2) is 55.9 Å². The summed E-state index contributed by atoms with van der Waals surface area (Å²) in [6.45, 7) is 2.18. The highest BCUT2D eigenvalue weighted by molar-refractivity contribution is 7.89. The topological polar surface area (TPSA) is 69.6 Å². The first-order valence-corrected chi connectivity index (χ1v) is 8.55. The van der Waals surface area contributed by atoms with Gasteiger partial charge in [-0.2, -0.15) is 0 Å². The van der Waals surface area contributed by atoms with Gasteiger partial charge in [-0.15, -0.1) is 0 Å². The first kappa shape index (κ1) is 14.2. The van der Waals surface area contributed by atoms with Crippen LogP contribution in [0.2, 0.25) is 0 Å². The Bertz CT molecular complexity index is 352.